The molecule has 0 spiro atoms. The maximum Gasteiger partial charge on any atom is 0.324 e. The first-order valence-corrected chi connectivity index (χ1v) is 12.3. The van der Waals surface area contributed by atoms with Gasteiger partial charge >= 0.3 is 6.03 Å². The minimum absolute atomic E-state index is 0.0900. The van der Waals surface area contributed by atoms with Crippen LogP contribution in [0.3, 0.4) is 0 Å². The van der Waals surface area contributed by atoms with Crippen LogP contribution in [-0.4, -0.2) is 44.1 Å². The van der Waals surface area contributed by atoms with Crippen LogP contribution in [0.5, 0.6) is 11.5 Å². The molecular formula is C29H33N3O4. The largest absolute Gasteiger partial charge is 0.497 e. The summed E-state index contributed by atoms with van der Waals surface area (Å²) in [4.78, 5) is 30.5. The van der Waals surface area contributed by atoms with Gasteiger partial charge in [0.05, 0.1) is 31.5 Å². The molecule has 1 atom stereocenters. The Morgan fingerprint density at radius 3 is 2.31 bits per heavy atom. The molecule has 1 aliphatic heterocycles. The lowest BCUT2D eigenvalue weighted by Crippen LogP contribution is -2.49. The van der Waals surface area contributed by atoms with Crippen molar-refractivity contribution in [2.75, 3.05) is 37.5 Å². The van der Waals surface area contributed by atoms with Crippen molar-refractivity contribution in [3.63, 3.8) is 0 Å². The lowest BCUT2D eigenvalue weighted by atomic mass is 9.95. The molecule has 0 aromatic heterocycles. The molecule has 3 amide bonds. The topological polar surface area (TPSA) is 71.1 Å². The number of urea groups is 1. The van der Waals surface area contributed by atoms with E-state index in [1.807, 2.05) is 78.6 Å². The van der Waals surface area contributed by atoms with E-state index >= 15 is 0 Å². The average Bonchev–Trinajstić information content (AvgIpc) is 2.91. The minimum Gasteiger partial charge on any atom is -0.497 e. The second-order valence-electron chi connectivity index (χ2n) is 8.80. The Bertz CT molecular complexity index is 1180. The fourth-order valence-electron chi connectivity index (χ4n) is 4.56. The van der Waals surface area contributed by atoms with E-state index in [2.05, 4.69) is 5.32 Å². The van der Waals surface area contributed by atoms with Gasteiger partial charge in [-0.1, -0.05) is 49.4 Å². The number of nitrogens with one attached hydrogen (secondary N) is 1. The van der Waals surface area contributed by atoms with Gasteiger partial charge in [-0.05, 0) is 48.2 Å². The summed E-state index contributed by atoms with van der Waals surface area (Å²) in [5.41, 5.74) is 3.22. The molecule has 1 fully saturated rings. The van der Waals surface area contributed by atoms with Crippen LogP contribution in [-0.2, 0) is 11.3 Å². The predicted molar refractivity (Wildman–Crippen MR) is 142 cm³/mol. The molecule has 3 aromatic carbocycles. The summed E-state index contributed by atoms with van der Waals surface area (Å²) in [7, 11) is 3.22. The number of anilines is 2. The summed E-state index contributed by atoms with van der Waals surface area (Å²) in [6.07, 6.45) is 1.48. The van der Waals surface area contributed by atoms with E-state index in [9.17, 15) is 9.59 Å². The maximum atomic E-state index is 13.5. The van der Waals surface area contributed by atoms with Crippen LogP contribution < -0.4 is 19.7 Å². The van der Waals surface area contributed by atoms with Crippen molar-refractivity contribution in [3.8, 4) is 11.5 Å². The maximum absolute atomic E-state index is 13.5. The van der Waals surface area contributed by atoms with Gasteiger partial charge in [0.2, 0.25) is 5.91 Å². The van der Waals surface area contributed by atoms with Gasteiger partial charge in [-0.2, -0.15) is 0 Å². The highest BCUT2D eigenvalue weighted by molar-refractivity contribution is 6.03. The molecule has 1 N–H and O–H groups in total. The molecule has 0 bridgehead atoms. The zero-order chi connectivity index (χ0) is 25.5. The summed E-state index contributed by atoms with van der Waals surface area (Å²) >= 11 is 0. The van der Waals surface area contributed by atoms with E-state index in [0.29, 0.717) is 43.2 Å². The molecule has 0 radical (unpaired) electrons. The van der Waals surface area contributed by atoms with E-state index in [1.165, 1.54) is 0 Å². The molecule has 36 heavy (non-hydrogen) atoms. The first-order valence-electron chi connectivity index (χ1n) is 12.3. The zero-order valence-corrected chi connectivity index (χ0v) is 21.1. The summed E-state index contributed by atoms with van der Waals surface area (Å²) in [6.45, 7) is 3.74. The number of benzene rings is 3. The molecule has 1 aliphatic rings. The van der Waals surface area contributed by atoms with E-state index < -0.39 is 0 Å². The van der Waals surface area contributed by atoms with Crippen LogP contribution >= 0.6 is 0 Å². The number of amides is 3. The molecular weight excluding hydrogens is 454 g/mol. The van der Waals surface area contributed by atoms with Gasteiger partial charge in [0.25, 0.3) is 0 Å². The number of methoxy groups -OCH3 is 2. The Balaban J connectivity index is 1.57. The van der Waals surface area contributed by atoms with Crippen molar-refractivity contribution >= 4 is 23.3 Å². The third kappa shape index (κ3) is 5.62. The van der Waals surface area contributed by atoms with Crippen molar-refractivity contribution in [2.24, 2.45) is 0 Å². The van der Waals surface area contributed by atoms with E-state index in [-0.39, 0.29) is 17.9 Å². The molecule has 4 rings (SSSR count). The number of carbonyl (C=O) groups is 2. The lowest BCUT2D eigenvalue weighted by Gasteiger charge is -2.36. The van der Waals surface area contributed by atoms with Gasteiger partial charge in [0, 0.05) is 25.7 Å². The Morgan fingerprint density at radius 2 is 1.64 bits per heavy atom. The summed E-state index contributed by atoms with van der Waals surface area (Å²) in [6, 6.07) is 22.8. The molecule has 1 heterocycles. The number of carbonyl (C=O) groups excluding carboxylic acids is 2. The second kappa shape index (κ2) is 11.6. The van der Waals surface area contributed by atoms with Crippen LogP contribution in [0.25, 0.3) is 0 Å². The van der Waals surface area contributed by atoms with Crippen LogP contribution in [0.1, 0.15) is 36.8 Å². The first kappa shape index (κ1) is 25.1. The Morgan fingerprint density at radius 1 is 0.944 bits per heavy atom. The Hall–Kier alpha value is -4.00. The monoisotopic (exact) mass is 487 g/mol. The van der Waals surface area contributed by atoms with Gasteiger partial charge in [0.15, 0.2) is 0 Å². The number of nitrogens with zero attached hydrogens (tertiary/aromatic N) is 2. The van der Waals surface area contributed by atoms with Gasteiger partial charge < -0.3 is 19.7 Å². The highest BCUT2D eigenvalue weighted by Crippen LogP contribution is 2.34. The van der Waals surface area contributed by atoms with Gasteiger partial charge in [-0.3, -0.25) is 9.69 Å². The first-order chi connectivity index (χ1) is 17.5. The third-order valence-electron chi connectivity index (χ3n) is 6.52. The highest BCUT2D eigenvalue weighted by Gasteiger charge is 2.29. The number of rotatable bonds is 9. The lowest BCUT2D eigenvalue weighted by molar-refractivity contribution is -0.117. The molecule has 1 saturated heterocycles. The minimum atomic E-state index is -0.297. The molecule has 0 aliphatic carbocycles. The summed E-state index contributed by atoms with van der Waals surface area (Å²) < 4.78 is 10.7. The van der Waals surface area contributed by atoms with E-state index in [4.69, 9.17) is 9.47 Å². The molecule has 7 heteroatoms. The quantitative estimate of drug-likeness (QED) is 0.422. The van der Waals surface area contributed by atoms with Crippen LogP contribution in [0.4, 0.5) is 16.2 Å². The molecule has 7 nitrogen and oxygen atoms in total. The summed E-state index contributed by atoms with van der Waals surface area (Å²) in [5, 5.41) is 3.08. The number of ether oxygens (including phenoxy) is 2. The van der Waals surface area contributed by atoms with Crippen LogP contribution in [0, 0.1) is 0 Å². The molecule has 0 saturated carbocycles. The van der Waals surface area contributed by atoms with Crippen molar-refractivity contribution < 1.29 is 19.1 Å². The van der Waals surface area contributed by atoms with Crippen molar-refractivity contribution in [1.82, 2.24) is 4.90 Å². The van der Waals surface area contributed by atoms with Crippen molar-refractivity contribution in [2.45, 2.75) is 32.2 Å². The standard InChI is InChI=1S/C29H33N3O4/c1-4-25(22-9-6-5-7-10-22)28(33)30-26-19-24(36-3)15-16-27(26)32-18-8-17-31(29(32)34)20-21-11-13-23(35-2)14-12-21/h5-7,9-16,19,25H,4,8,17-18,20H2,1-3H3,(H,30,33). The zero-order valence-electron chi connectivity index (χ0n) is 21.1. The molecule has 3 aromatic rings. The summed E-state index contributed by atoms with van der Waals surface area (Å²) in [5.74, 6) is 0.984. The fourth-order valence-corrected chi connectivity index (χ4v) is 4.56. The van der Waals surface area contributed by atoms with Gasteiger partial charge in [0.1, 0.15) is 11.5 Å². The van der Waals surface area contributed by atoms with E-state index in [1.54, 1.807) is 25.2 Å². The number of hydrogen-bond donors (Lipinski definition) is 1. The van der Waals surface area contributed by atoms with Gasteiger partial charge in [-0.25, -0.2) is 4.79 Å². The SMILES string of the molecule is CCC(C(=O)Nc1cc(OC)ccc1N1CCCN(Cc2ccc(OC)cc2)C1=O)c1ccccc1. The smallest absolute Gasteiger partial charge is 0.324 e. The van der Waals surface area contributed by atoms with Crippen LogP contribution in [0.2, 0.25) is 0 Å². The predicted octanol–water partition coefficient (Wildman–Crippen LogP) is 5.67. The number of hydrogen-bond acceptors (Lipinski definition) is 4. The normalized spacial score (nSPS) is 14.4. The third-order valence-corrected chi connectivity index (χ3v) is 6.52. The van der Waals surface area contributed by atoms with E-state index in [0.717, 1.165) is 23.3 Å². The highest BCUT2D eigenvalue weighted by atomic mass is 16.5. The van der Waals surface area contributed by atoms with Crippen LogP contribution in [0.15, 0.2) is 72.8 Å². The van der Waals surface area contributed by atoms with Crippen molar-refractivity contribution in [1.29, 1.82) is 0 Å². The Labute approximate surface area is 212 Å². The average molecular weight is 488 g/mol. The van der Waals surface area contributed by atoms with Gasteiger partial charge in [-0.15, -0.1) is 0 Å². The Kier molecular flexibility index (Phi) is 8.10. The second-order valence-corrected chi connectivity index (χ2v) is 8.80. The fraction of sp³-hybridized carbons (Fsp3) is 0.310. The van der Waals surface area contributed by atoms with Crippen molar-refractivity contribution in [3.05, 3.63) is 83.9 Å². The molecule has 1 unspecified atom stereocenters. The molecule has 188 valence electrons.